The van der Waals surface area contributed by atoms with Crippen LogP contribution in [0.15, 0.2) is 18.2 Å². The lowest BCUT2D eigenvalue weighted by atomic mass is 9.93. The summed E-state index contributed by atoms with van der Waals surface area (Å²) in [5, 5.41) is 3.61. The molecule has 1 aromatic rings. The first-order valence-electron chi connectivity index (χ1n) is 6.06. The van der Waals surface area contributed by atoms with Crippen molar-refractivity contribution in [3.05, 3.63) is 34.9 Å². The average Bonchev–Trinajstić information content (AvgIpc) is 2.26. The van der Waals surface area contributed by atoms with E-state index < -0.39 is 0 Å². The SMILES string of the molecule is Cc1cccc(CC2CCCCN2)c1C. The van der Waals surface area contributed by atoms with Gasteiger partial charge >= 0.3 is 0 Å². The van der Waals surface area contributed by atoms with E-state index in [1.807, 2.05) is 0 Å². The number of piperidine rings is 1. The molecule has 1 atom stereocenters. The van der Waals surface area contributed by atoms with Gasteiger partial charge in [-0.25, -0.2) is 0 Å². The largest absolute Gasteiger partial charge is 0.314 e. The molecule has 1 nitrogen and oxygen atoms in total. The summed E-state index contributed by atoms with van der Waals surface area (Å²) in [6, 6.07) is 7.37. The molecular weight excluding hydrogens is 182 g/mol. The first-order chi connectivity index (χ1) is 7.27. The number of benzene rings is 1. The van der Waals surface area contributed by atoms with E-state index in [-0.39, 0.29) is 0 Å². The van der Waals surface area contributed by atoms with Crippen molar-refractivity contribution in [2.75, 3.05) is 6.54 Å². The van der Waals surface area contributed by atoms with E-state index in [9.17, 15) is 0 Å². The molecule has 1 saturated heterocycles. The van der Waals surface area contributed by atoms with Gasteiger partial charge in [0.1, 0.15) is 0 Å². The Kier molecular flexibility index (Phi) is 3.42. The van der Waals surface area contributed by atoms with Crippen molar-refractivity contribution < 1.29 is 0 Å². The predicted molar refractivity (Wildman–Crippen MR) is 65.3 cm³/mol. The third-order valence-corrected chi connectivity index (χ3v) is 3.60. The highest BCUT2D eigenvalue weighted by Gasteiger charge is 2.13. The zero-order valence-electron chi connectivity index (χ0n) is 9.84. The third-order valence-electron chi connectivity index (χ3n) is 3.60. The molecule has 0 amide bonds. The zero-order chi connectivity index (χ0) is 10.7. The monoisotopic (exact) mass is 203 g/mol. The van der Waals surface area contributed by atoms with Gasteiger partial charge in [-0.2, -0.15) is 0 Å². The summed E-state index contributed by atoms with van der Waals surface area (Å²) in [6.07, 6.45) is 5.28. The van der Waals surface area contributed by atoms with E-state index in [1.165, 1.54) is 48.9 Å². The summed E-state index contributed by atoms with van der Waals surface area (Å²) < 4.78 is 0. The minimum atomic E-state index is 0.708. The molecule has 0 saturated carbocycles. The summed E-state index contributed by atoms with van der Waals surface area (Å²) in [5.41, 5.74) is 4.42. The number of rotatable bonds is 2. The zero-order valence-corrected chi connectivity index (χ0v) is 9.84. The quantitative estimate of drug-likeness (QED) is 0.779. The van der Waals surface area contributed by atoms with Gasteiger partial charge in [-0.1, -0.05) is 24.6 Å². The first kappa shape index (κ1) is 10.7. The minimum absolute atomic E-state index is 0.708. The van der Waals surface area contributed by atoms with Crippen molar-refractivity contribution >= 4 is 0 Å². The van der Waals surface area contributed by atoms with Crippen LogP contribution in [0.4, 0.5) is 0 Å². The highest BCUT2D eigenvalue weighted by atomic mass is 14.9. The van der Waals surface area contributed by atoms with Crippen molar-refractivity contribution in [2.45, 2.75) is 45.6 Å². The summed E-state index contributed by atoms with van der Waals surface area (Å²) in [5.74, 6) is 0. The van der Waals surface area contributed by atoms with Crippen LogP contribution in [-0.2, 0) is 6.42 Å². The van der Waals surface area contributed by atoms with Crippen LogP contribution in [-0.4, -0.2) is 12.6 Å². The third kappa shape index (κ3) is 2.60. The molecule has 1 aromatic carbocycles. The Morgan fingerprint density at radius 1 is 1.27 bits per heavy atom. The molecule has 1 aliphatic rings. The molecular formula is C14H21N. The van der Waals surface area contributed by atoms with Gasteiger partial charge in [-0.3, -0.25) is 0 Å². The fourth-order valence-corrected chi connectivity index (χ4v) is 2.40. The van der Waals surface area contributed by atoms with Crippen molar-refractivity contribution in [1.29, 1.82) is 0 Å². The van der Waals surface area contributed by atoms with Crippen LogP contribution in [0.1, 0.15) is 36.0 Å². The maximum absolute atomic E-state index is 3.61. The molecule has 1 heterocycles. The van der Waals surface area contributed by atoms with Gasteiger partial charge in [-0.05, 0) is 56.3 Å². The number of hydrogen-bond donors (Lipinski definition) is 1. The highest BCUT2D eigenvalue weighted by Crippen LogP contribution is 2.17. The van der Waals surface area contributed by atoms with E-state index in [2.05, 4.69) is 37.4 Å². The molecule has 0 bridgehead atoms. The number of nitrogens with one attached hydrogen (secondary N) is 1. The highest BCUT2D eigenvalue weighted by molar-refractivity contribution is 5.33. The van der Waals surface area contributed by atoms with E-state index >= 15 is 0 Å². The maximum Gasteiger partial charge on any atom is 0.0108 e. The molecule has 0 spiro atoms. The molecule has 1 unspecified atom stereocenters. The second-order valence-corrected chi connectivity index (χ2v) is 4.71. The van der Waals surface area contributed by atoms with Gasteiger partial charge < -0.3 is 5.32 Å². The Morgan fingerprint density at radius 2 is 2.13 bits per heavy atom. The Balaban J connectivity index is 2.06. The minimum Gasteiger partial charge on any atom is -0.314 e. The van der Waals surface area contributed by atoms with Crippen molar-refractivity contribution in [2.24, 2.45) is 0 Å². The van der Waals surface area contributed by atoms with E-state index in [0.29, 0.717) is 6.04 Å². The second kappa shape index (κ2) is 4.80. The normalized spacial score (nSPS) is 21.6. The molecule has 0 aliphatic carbocycles. The van der Waals surface area contributed by atoms with E-state index in [0.717, 1.165) is 0 Å². The van der Waals surface area contributed by atoms with Crippen LogP contribution in [0, 0.1) is 13.8 Å². The fraction of sp³-hybridized carbons (Fsp3) is 0.571. The molecule has 0 radical (unpaired) electrons. The molecule has 1 aliphatic heterocycles. The van der Waals surface area contributed by atoms with E-state index in [1.54, 1.807) is 0 Å². The van der Waals surface area contributed by atoms with E-state index in [4.69, 9.17) is 0 Å². The van der Waals surface area contributed by atoms with Crippen LogP contribution in [0.25, 0.3) is 0 Å². The average molecular weight is 203 g/mol. The Bertz CT molecular complexity index is 324. The molecule has 82 valence electrons. The van der Waals surface area contributed by atoms with Crippen LogP contribution in [0.3, 0.4) is 0 Å². The van der Waals surface area contributed by atoms with Gasteiger partial charge in [0.05, 0.1) is 0 Å². The summed E-state index contributed by atoms with van der Waals surface area (Å²) in [6.45, 7) is 5.65. The lowest BCUT2D eigenvalue weighted by Gasteiger charge is -2.24. The second-order valence-electron chi connectivity index (χ2n) is 4.71. The Hall–Kier alpha value is -0.820. The standard InChI is InChI=1S/C14H21N/c1-11-6-5-7-13(12(11)2)10-14-8-3-4-9-15-14/h5-7,14-15H,3-4,8-10H2,1-2H3. The summed E-state index contributed by atoms with van der Waals surface area (Å²) >= 11 is 0. The molecule has 1 N–H and O–H groups in total. The van der Waals surface area contributed by atoms with Gasteiger partial charge in [0.25, 0.3) is 0 Å². The van der Waals surface area contributed by atoms with Crippen molar-refractivity contribution in [1.82, 2.24) is 5.32 Å². The van der Waals surface area contributed by atoms with Crippen LogP contribution in [0.5, 0.6) is 0 Å². The van der Waals surface area contributed by atoms with Crippen molar-refractivity contribution in [3.8, 4) is 0 Å². The lowest BCUT2D eigenvalue weighted by molar-refractivity contribution is 0.399. The molecule has 15 heavy (non-hydrogen) atoms. The molecule has 1 heteroatoms. The maximum atomic E-state index is 3.61. The molecule has 0 aromatic heterocycles. The molecule has 2 rings (SSSR count). The van der Waals surface area contributed by atoms with Crippen LogP contribution in [0.2, 0.25) is 0 Å². The Labute approximate surface area is 92.9 Å². The van der Waals surface area contributed by atoms with Gasteiger partial charge in [-0.15, -0.1) is 0 Å². The fourth-order valence-electron chi connectivity index (χ4n) is 2.40. The number of aryl methyl sites for hydroxylation is 1. The Morgan fingerprint density at radius 3 is 2.87 bits per heavy atom. The molecule has 1 fully saturated rings. The summed E-state index contributed by atoms with van der Waals surface area (Å²) in [7, 11) is 0. The number of hydrogen-bond acceptors (Lipinski definition) is 1. The van der Waals surface area contributed by atoms with Gasteiger partial charge in [0.15, 0.2) is 0 Å². The first-order valence-corrected chi connectivity index (χ1v) is 6.06. The summed E-state index contributed by atoms with van der Waals surface area (Å²) in [4.78, 5) is 0. The predicted octanol–water partition coefficient (Wildman–Crippen LogP) is 2.99. The van der Waals surface area contributed by atoms with Crippen LogP contribution < -0.4 is 5.32 Å². The lowest BCUT2D eigenvalue weighted by Crippen LogP contribution is -2.35. The van der Waals surface area contributed by atoms with Crippen molar-refractivity contribution in [3.63, 3.8) is 0 Å². The topological polar surface area (TPSA) is 12.0 Å². The van der Waals surface area contributed by atoms with Crippen LogP contribution >= 0.6 is 0 Å². The smallest absolute Gasteiger partial charge is 0.0108 e. The van der Waals surface area contributed by atoms with Gasteiger partial charge in [0, 0.05) is 6.04 Å². The van der Waals surface area contributed by atoms with Gasteiger partial charge in [0.2, 0.25) is 0 Å².